The van der Waals surface area contributed by atoms with E-state index in [-0.39, 0.29) is 11.8 Å². The van der Waals surface area contributed by atoms with E-state index < -0.39 is 0 Å². The Hall–Kier alpha value is -2.69. The van der Waals surface area contributed by atoms with Crippen molar-refractivity contribution in [3.8, 4) is 0 Å². The van der Waals surface area contributed by atoms with Crippen molar-refractivity contribution >= 4 is 17.0 Å². The molecule has 0 N–H and O–H groups in total. The Balaban J connectivity index is 1.47. The second kappa shape index (κ2) is 6.31. The first-order valence-corrected chi connectivity index (χ1v) is 8.69. The van der Waals surface area contributed by atoms with E-state index in [9.17, 15) is 4.79 Å². The highest BCUT2D eigenvalue weighted by Gasteiger charge is 2.27. The van der Waals surface area contributed by atoms with Gasteiger partial charge < -0.3 is 9.32 Å². The smallest absolute Gasteiger partial charge is 0.255 e. The van der Waals surface area contributed by atoms with Crippen molar-refractivity contribution in [3.63, 3.8) is 0 Å². The fraction of sp³-hybridized carbons (Fsp3) is 0.350. The Bertz CT molecular complexity index is 924. The molecule has 1 aromatic carbocycles. The number of aryl methyl sites for hydroxylation is 2. The topological polar surface area (TPSA) is 59.2 Å². The lowest BCUT2D eigenvalue weighted by molar-refractivity contribution is 0.0706. The third-order valence-corrected chi connectivity index (χ3v) is 4.88. The molecule has 0 spiro atoms. The number of likely N-dealkylation sites (tertiary alicyclic amines) is 1. The molecule has 3 aromatic rings. The molecule has 0 bridgehead atoms. The number of oxazole rings is 1. The molecule has 3 heterocycles. The van der Waals surface area contributed by atoms with Crippen molar-refractivity contribution in [2.24, 2.45) is 0 Å². The maximum Gasteiger partial charge on any atom is 0.255 e. The van der Waals surface area contributed by atoms with Gasteiger partial charge >= 0.3 is 0 Å². The summed E-state index contributed by atoms with van der Waals surface area (Å²) >= 11 is 0. The maximum atomic E-state index is 12.6. The molecule has 0 saturated carbocycles. The normalized spacial score (nSPS) is 15.7. The van der Waals surface area contributed by atoms with Crippen molar-refractivity contribution < 1.29 is 9.21 Å². The van der Waals surface area contributed by atoms with E-state index in [0.717, 1.165) is 54.0 Å². The van der Waals surface area contributed by atoms with Crippen LogP contribution in [0.4, 0.5) is 0 Å². The number of carbonyl (C=O) groups is 1. The number of aromatic nitrogens is 2. The van der Waals surface area contributed by atoms with Crippen LogP contribution < -0.4 is 0 Å². The summed E-state index contributed by atoms with van der Waals surface area (Å²) in [7, 11) is 0. The summed E-state index contributed by atoms with van der Waals surface area (Å²) in [4.78, 5) is 23.3. The van der Waals surface area contributed by atoms with E-state index >= 15 is 0 Å². The Labute approximate surface area is 146 Å². The second-order valence-corrected chi connectivity index (χ2v) is 6.79. The predicted molar refractivity (Wildman–Crippen MR) is 95.6 cm³/mol. The number of rotatable bonds is 2. The van der Waals surface area contributed by atoms with Crippen LogP contribution in [0.25, 0.3) is 11.1 Å². The van der Waals surface area contributed by atoms with Gasteiger partial charge in [0.15, 0.2) is 11.5 Å². The number of hydrogen-bond donors (Lipinski definition) is 0. The fourth-order valence-electron chi connectivity index (χ4n) is 3.46. The summed E-state index contributed by atoms with van der Waals surface area (Å²) in [5.41, 5.74) is 4.57. The molecule has 4 rings (SSSR count). The number of para-hydroxylation sites is 1. The van der Waals surface area contributed by atoms with Crippen LogP contribution in [0.1, 0.15) is 46.1 Å². The number of carbonyl (C=O) groups excluding carboxylic acids is 1. The minimum absolute atomic E-state index is 0.0584. The lowest BCUT2D eigenvalue weighted by Gasteiger charge is -2.30. The zero-order chi connectivity index (χ0) is 17.4. The van der Waals surface area contributed by atoms with Crippen LogP contribution in [0.15, 0.2) is 41.1 Å². The molecule has 1 aliphatic heterocycles. The molecule has 5 heteroatoms. The van der Waals surface area contributed by atoms with Gasteiger partial charge in [-0.3, -0.25) is 9.78 Å². The number of hydrogen-bond acceptors (Lipinski definition) is 4. The minimum atomic E-state index is 0.0584. The molecule has 1 aliphatic rings. The van der Waals surface area contributed by atoms with Gasteiger partial charge in [-0.15, -0.1) is 0 Å². The SMILES string of the molecule is Cc1cncc(C(=O)N2CCC(c3nc4cccc(C)c4o3)CC2)c1. The molecule has 1 fully saturated rings. The van der Waals surface area contributed by atoms with Crippen LogP contribution in [0, 0.1) is 13.8 Å². The fourth-order valence-corrected chi connectivity index (χ4v) is 3.46. The molecular formula is C20H21N3O2. The summed E-state index contributed by atoms with van der Waals surface area (Å²) in [6.45, 7) is 5.42. The standard InChI is InChI=1S/C20H21N3O2/c1-13-10-16(12-21-11-13)20(24)23-8-6-15(7-9-23)19-22-17-5-3-4-14(2)18(17)25-19/h3-5,10-12,15H,6-9H2,1-2H3. The first-order valence-electron chi connectivity index (χ1n) is 8.69. The number of benzene rings is 1. The van der Waals surface area contributed by atoms with E-state index in [1.54, 1.807) is 12.4 Å². The predicted octanol–water partition coefficient (Wildman–Crippen LogP) is 3.86. The minimum Gasteiger partial charge on any atom is -0.440 e. The highest BCUT2D eigenvalue weighted by molar-refractivity contribution is 5.94. The molecule has 1 amide bonds. The number of pyridine rings is 1. The first kappa shape index (κ1) is 15.8. The molecule has 0 atom stereocenters. The number of fused-ring (bicyclic) bond motifs is 1. The molecular weight excluding hydrogens is 314 g/mol. The first-order chi connectivity index (χ1) is 12.1. The van der Waals surface area contributed by atoms with Gasteiger partial charge in [-0.1, -0.05) is 12.1 Å². The quantitative estimate of drug-likeness (QED) is 0.713. The van der Waals surface area contributed by atoms with E-state index in [4.69, 9.17) is 4.42 Å². The van der Waals surface area contributed by atoms with Gasteiger partial charge in [0.2, 0.25) is 0 Å². The van der Waals surface area contributed by atoms with E-state index in [2.05, 4.69) is 9.97 Å². The lowest BCUT2D eigenvalue weighted by Crippen LogP contribution is -2.38. The van der Waals surface area contributed by atoms with Crippen LogP contribution in [0.3, 0.4) is 0 Å². The van der Waals surface area contributed by atoms with E-state index in [1.165, 1.54) is 0 Å². The Morgan fingerprint density at radius 2 is 2.00 bits per heavy atom. The molecule has 5 nitrogen and oxygen atoms in total. The Kier molecular flexibility index (Phi) is 3.99. The van der Waals surface area contributed by atoms with Gasteiger partial charge in [0.25, 0.3) is 5.91 Å². The average molecular weight is 335 g/mol. The summed E-state index contributed by atoms with van der Waals surface area (Å²) in [5, 5.41) is 0. The third kappa shape index (κ3) is 3.02. The van der Waals surface area contributed by atoms with Crippen molar-refractivity contribution in [2.45, 2.75) is 32.6 Å². The third-order valence-electron chi connectivity index (χ3n) is 4.88. The Morgan fingerprint density at radius 1 is 1.20 bits per heavy atom. The number of amides is 1. The van der Waals surface area contributed by atoms with Crippen LogP contribution >= 0.6 is 0 Å². The number of piperidine rings is 1. The molecule has 128 valence electrons. The van der Waals surface area contributed by atoms with Crippen molar-refractivity contribution in [1.82, 2.24) is 14.9 Å². The summed E-state index contributed by atoms with van der Waals surface area (Å²) < 4.78 is 6.01. The second-order valence-electron chi connectivity index (χ2n) is 6.79. The van der Waals surface area contributed by atoms with Gasteiger partial charge in [-0.05, 0) is 49.9 Å². The molecule has 2 aromatic heterocycles. The van der Waals surface area contributed by atoms with Crippen molar-refractivity contribution in [2.75, 3.05) is 13.1 Å². The molecule has 0 aliphatic carbocycles. The van der Waals surface area contributed by atoms with E-state index in [0.29, 0.717) is 5.56 Å². The zero-order valence-electron chi connectivity index (χ0n) is 14.5. The molecule has 0 radical (unpaired) electrons. The summed E-state index contributed by atoms with van der Waals surface area (Å²) in [6.07, 6.45) is 5.15. The van der Waals surface area contributed by atoms with Crippen LogP contribution in [-0.2, 0) is 0 Å². The van der Waals surface area contributed by atoms with Crippen molar-refractivity contribution in [1.29, 1.82) is 0 Å². The van der Waals surface area contributed by atoms with Crippen LogP contribution in [0.2, 0.25) is 0 Å². The monoisotopic (exact) mass is 335 g/mol. The van der Waals surface area contributed by atoms with Crippen LogP contribution in [0.5, 0.6) is 0 Å². The summed E-state index contributed by atoms with van der Waals surface area (Å²) in [6, 6.07) is 7.92. The molecule has 0 unspecified atom stereocenters. The van der Waals surface area contributed by atoms with E-state index in [1.807, 2.05) is 43.0 Å². The zero-order valence-corrected chi connectivity index (χ0v) is 14.5. The van der Waals surface area contributed by atoms with Gasteiger partial charge in [0, 0.05) is 31.4 Å². The highest BCUT2D eigenvalue weighted by atomic mass is 16.3. The molecule has 1 saturated heterocycles. The van der Waals surface area contributed by atoms with Crippen molar-refractivity contribution in [3.05, 3.63) is 59.2 Å². The summed E-state index contributed by atoms with van der Waals surface area (Å²) in [5.74, 6) is 1.13. The van der Waals surface area contributed by atoms with Crippen LogP contribution in [-0.4, -0.2) is 33.9 Å². The Morgan fingerprint density at radius 3 is 2.72 bits per heavy atom. The molecule has 25 heavy (non-hydrogen) atoms. The van der Waals surface area contributed by atoms with Gasteiger partial charge in [0.05, 0.1) is 5.56 Å². The lowest BCUT2D eigenvalue weighted by atomic mass is 9.96. The van der Waals surface area contributed by atoms with Gasteiger partial charge in [-0.25, -0.2) is 4.98 Å². The average Bonchev–Trinajstić information content (AvgIpc) is 3.07. The number of nitrogens with zero attached hydrogens (tertiary/aromatic N) is 3. The van der Waals surface area contributed by atoms with Gasteiger partial charge in [0.1, 0.15) is 5.52 Å². The maximum absolute atomic E-state index is 12.6. The van der Waals surface area contributed by atoms with Gasteiger partial charge in [-0.2, -0.15) is 0 Å². The highest BCUT2D eigenvalue weighted by Crippen LogP contribution is 2.31. The largest absolute Gasteiger partial charge is 0.440 e.